The lowest BCUT2D eigenvalue weighted by Gasteiger charge is -2.33. The molecule has 2 aromatic rings. The van der Waals surface area contributed by atoms with Crippen molar-refractivity contribution in [2.75, 3.05) is 25.0 Å². The number of benzene rings is 2. The molecule has 0 aromatic heterocycles. The van der Waals surface area contributed by atoms with Gasteiger partial charge in [-0.2, -0.15) is 0 Å². The molecule has 1 amide bonds. The topological polar surface area (TPSA) is 32.3 Å². The van der Waals surface area contributed by atoms with E-state index < -0.39 is 0 Å². The number of rotatable bonds is 4. The van der Waals surface area contributed by atoms with E-state index in [0.717, 1.165) is 43.7 Å². The number of carbonyl (C=O) groups excluding carboxylic acids is 1. The third-order valence-corrected chi connectivity index (χ3v) is 5.13. The largest absolute Gasteiger partial charge is 0.322 e. The van der Waals surface area contributed by atoms with Gasteiger partial charge in [-0.1, -0.05) is 62.8 Å². The number of aryl methyl sites for hydroxylation is 1. The number of para-hydroxylation sites is 1. The SMILES string of the molecule is Cc1ccccc1NC(=O)c1ccc(C=C2CCN(CC(C)(C)C)CC2)cc1. The maximum atomic E-state index is 12.5. The van der Waals surface area contributed by atoms with Crippen LogP contribution >= 0.6 is 0 Å². The van der Waals surface area contributed by atoms with Gasteiger partial charge in [-0.3, -0.25) is 4.79 Å². The van der Waals surface area contributed by atoms with Gasteiger partial charge in [-0.05, 0) is 54.5 Å². The van der Waals surface area contributed by atoms with Crippen LogP contribution < -0.4 is 5.32 Å². The van der Waals surface area contributed by atoms with Crippen molar-refractivity contribution in [2.45, 2.75) is 40.5 Å². The number of carbonyl (C=O) groups is 1. The summed E-state index contributed by atoms with van der Waals surface area (Å²) in [6, 6.07) is 15.7. The number of hydrogen-bond acceptors (Lipinski definition) is 2. The highest BCUT2D eigenvalue weighted by molar-refractivity contribution is 6.04. The molecule has 1 aliphatic rings. The molecule has 3 nitrogen and oxygen atoms in total. The fourth-order valence-electron chi connectivity index (χ4n) is 3.69. The van der Waals surface area contributed by atoms with Crippen LogP contribution in [0.3, 0.4) is 0 Å². The Morgan fingerprint density at radius 1 is 1.04 bits per heavy atom. The highest BCUT2D eigenvalue weighted by Crippen LogP contribution is 2.23. The number of nitrogens with zero attached hydrogens (tertiary/aromatic N) is 1. The molecule has 1 saturated heterocycles. The molecule has 0 aliphatic carbocycles. The molecular formula is C25H32N2O. The summed E-state index contributed by atoms with van der Waals surface area (Å²) < 4.78 is 0. The lowest BCUT2D eigenvalue weighted by atomic mass is 9.93. The van der Waals surface area contributed by atoms with Crippen molar-refractivity contribution in [1.82, 2.24) is 4.90 Å². The molecule has 0 spiro atoms. The van der Waals surface area contributed by atoms with Crippen molar-refractivity contribution in [3.8, 4) is 0 Å². The molecular weight excluding hydrogens is 344 g/mol. The van der Waals surface area contributed by atoms with Gasteiger partial charge in [-0.15, -0.1) is 0 Å². The van der Waals surface area contributed by atoms with Crippen LogP contribution in [0, 0.1) is 12.3 Å². The standard InChI is InChI=1S/C25H32N2O/c1-19-7-5-6-8-23(19)26-24(28)22-11-9-20(10-12-22)17-21-13-15-27(16-14-21)18-25(2,3)4/h5-12,17H,13-16,18H2,1-4H3,(H,26,28). The summed E-state index contributed by atoms with van der Waals surface area (Å²) in [5.74, 6) is -0.0657. The summed E-state index contributed by atoms with van der Waals surface area (Å²) in [5.41, 5.74) is 5.64. The van der Waals surface area contributed by atoms with E-state index in [1.807, 2.05) is 55.5 Å². The van der Waals surface area contributed by atoms with Crippen LogP contribution in [0.5, 0.6) is 0 Å². The van der Waals surface area contributed by atoms with Crippen molar-refractivity contribution in [3.63, 3.8) is 0 Å². The summed E-state index contributed by atoms with van der Waals surface area (Å²) in [4.78, 5) is 15.1. The molecule has 28 heavy (non-hydrogen) atoms. The van der Waals surface area contributed by atoms with Crippen molar-refractivity contribution in [2.24, 2.45) is 5.41 Å². The van der Waals surface area contributed by atoms with E-state index in [4.69, 9.17) is 0 Å². The molecule has 1 fully saturated rings. The van der Waals surface area contributed by atoms with Gasteiger partial charge in [-0.25, -0.2) is 0 Å². The summed E-state index contributed by atoms with van der Waals surface area (Å²) in [6.45, 7) is 12.3. The highest BCUT2D eigenvalue weighted by atomic mass is 16.1. The first-order valence-corrected chi connectivity index (χ1v) is 10.2. The Bertz CT molecular complexity index is 834. The number of anilines is 1. The Hall–Kier alpha value is -2.39. The molecule has 1 heterocycles. The molecule has 0 bridgehead atoms. The van der Waals surface area contributed by atoms with Crippen LogP contribution in [0.4, 0.5) is 5.69 Å². The van der Waals surface area contributed by atoms with Gasteiger partial charge in [0.15, 0.2) is 0 Å². The minimum Gasteiger partial charge on any atom is -0.322 e. The molecule has 3 rings (SSSR count). The first kappa shape index (κ1) is 20.3. The van der Waals surface area contributed by atoms with Crippen molar-refractivity contribution in [1.29, 1.82) is 0 Å². The molecule has 148 valence electrons. The molecule has 2 aromatic carbocycles. The second kappa shape index (κ2) is 8.74. The zero-order valence-corrected chi connectivity index (χ0v) is 17.6. The predicted octanol–water partition coefficient (Wildman–Crippen LogP) is 5.77. The maximum absolute atomic E-state index is 12.5. The molecule has 0 unspecified atom stereocenters. The zero-order valence-electron chi connectivity index (χ0n) is 17.6. The molecule has 0 radical (unpaired) electrons. The number of piperidine rings is 1. The first-order valence-electron chi connectivity index (χ1n) is 10.2. The Labute approximate surface area is 169 Å². The number of likely N-dealkylation sites (tertiary alicyclic amines) is 1. The smallest absolute Gasteiger partial charge is 0.255 e. The van der Waals surface area contributed by atoms with E-state index in [9.17, 15) is 4.79 Å². The summed E-state index contributed by atoms with van der Waals surface area (Å²) in [6.07, 6.45) is 4.55. The van der Waals surface area contributed by atoms with E-state index in [-0.39, 0.29) is 5.91 Å². The summed E-state index contributed by atoms with van der Waals surface area (Å²) in [7, 11) is 0. The minimum absolute atomic E-state index is 0.0657. The van der Waals surface area contributed by atoms with Crippen molar-refractivity contribution < 1.29 is 4.79 Å². The Kier molecular flexibility index (Phi) is 6.35. The van der Waals surface area contributed by atoms with E-state index in [1.165, 1.54) is 11.1 Å². The average molecular weight is 377 g/mol. The Morgan fingerprint density at radius 3 is 2.29 bits per heavy atom. The average Bonchev–Trinajstić information content (AvgIpc) is 2.64. The second-order valence-corrected chi connectivity index (χ2v) is 9.03. The molecule has 1 aliphatic heterocycles. The Morgan fingerprint density at radius 2 is 1.68 bits per heavy atom. The number of amides is 1. The van der Waals surface area contributed by atoms with Gasteiger partial charge < -0.3 is 10.2 Å². The van der Waals surface area contributed by atoms with Gasteiger partial charge in [0.05, 0.1) is 0 Å². The van der Waals surface area contributed by atoms with Crippen molar-refractivity contribution >= 4 is 17.7 Å². The maximum Gasteiger partial charge on any atom is 0.255 e. The van der Waals surface area contributed by atoms with E-state index in [1.54, 1.807) is 0 Å². The fourth-order valence-corrected chi connectivity index (χ4v) is 3.69. The van der Waals surface area contributed by atoms with Gasteiger partial charge in [0.1, 0.15) is 0 Å². The summed E-state index contributed by atoms with van der Waals surface area (Å²) >= 11 is 0. The van der Waals surface area contributed by atoms with Crippen LogP contribution in [0.15, 0.2) is 54.1 Å². The van der Waals surface area contributed by atoms with Gasteiger partial charge in [0.2, 0.25) is 0 Å². The molecule has 0 saturated carbocycles. The van der Waals surface area contributed by atoms with Crippen LogP contribution in [0.1, 0.15) is 55.1 Å². The van der Waals surface area contributed by atoms with Crippen LogP contribution in [-0.4, -0.2) is 30.4 Å². The molecule has 1 N–H and O–H groups in total. The zero-order chi connectivity index (χ0) is 20.1. The van der Waals surface area contributed by atoms with Gasteiger partial charge in [0.25, 0.3) is 5.91 Å². The van der Waals surface area contributed by atoms with Crippen LogP contribution in [0.25, 0.3) is 6.08 Å². The fraction of sp³-hybridized carbons (Fsp3) is 0.400. The third kappa shape index (κ3) is 5.80. The van der Waals surface area contributed by atoms with Crippen molar-refractivity contribution in [3.05, 3.63) is 70.8 Å². The normalized spacial score (nSPS) is 15.4. The second-order valence-electron chi connectivity index (χ2n) is 9.03. The van der Waals surface area contributed by atoms with Gasteiger partial charge >= 0.3 is 0 Å². The summed E-state index contributed by atoms with van der Waals surface area (Å²) in [5, 5.41) is 2.99. The highest BCUT2D eigenvalue weighted by Gasteiger charge is 2.19. The van der Waals surface area contributed by atoms with Crippen LogP contribution in [-0.2, 0) is 0 Å². The number of nitrogens with one attached hydrogen (secondary N) is 1. The lowest BCUT2D eigenvalue weighted by molar-refractivity contribution is 0.102. The minimum atomic E-state index is -0.0657. The quantitative estimate of drug-likeness (QED) is 0.734. The molecule has 0 atom stereocenters. The molecule has 3 heteroatoms. The predicted molar refractivity (Wildman–Crippen MR) is 119 cm³/mol. The van der Waals surface area contributed by atoms with Gasteiger partial charge in [0, 0.05) is 30.9 Å². The van der Waals surface area contributed by atoms with E-state index >= 15 is 0 Å². The van der Waals surface area contributed by atoms with Crippen LogP contribution in [0.2, 0.25) is 0 Å². The van der Waals surface area contributed by atoms with E-state index in [2.05, 4.69) is 37.1 Å². The monoisotopic (exact) mass is 376 g/mol. The Balaban J connectivity index is 1.58. The first-order chi connectivity index (χ1) is 13.3. The third-order valence-electron chi connectivity index (χ3n) is 5.13. The number of hydrogen-bond donors (Lipinski definition) is 1. The lowest BCUT2D eigenvalue weighted by Crippen LogP contribution is -2.37. The van der Waals surface area contributed by atoms with E-state index in [0.29, 0.717) is 11.0 Å².